The zero-order chi connectivity index (χ0) is 16.7. The summed E-state index contributed by atoms with van der Waals surface area (Å²) in [6, 6.07) is 11.3. The van der Waals surface area contributed by atoms with Crippen molar-refractivity contribution in [1.29, 1.82) is 0 Å². The van der Waals surface area contributed by atoms with Crippen LogP contribution in [0.5, 0.6) is 0 Å². The van der Waals surface area contributed by atoms with E-state index in [0.29, 0.717) is 18.2 Å². The van der Waals surface area contributed by atoms with Gasteiger partial charge in [0.2, 0.25) is 11.8 Å². The number of aromatic nitrogens is 1. The van der Waals surface area contributed by atoms with Gasteiger partial charge in [-0.2, -0.15) is 0 Å². The number of anilines is 1. The highest BCUT2D eigenvalue weighted by Crippen LogP contribution is 2.17. The van der Waals surface area contributed by atoms with E-state index in [4.69, 9.17) is 0 Å². The van der Waals surface area contributed by atoms with E-state index in [0.717, 1.165) is 5.56 Å². The summed E-state index contributed by atoms with van der Waals surface area (Å²) in [4.78, 5) is 27.6. The van der Waals surface area contributed by atoms with E-state index in [2.05, 4.69) is 29.5 Å². The molecule has 120 valence electrons. The maximum absolute atomic E-state index is 11.9. The van der Waals surface area contributed by atoms with Crippen LogP contribution in [0.3, 0.4) is 0 Å². The summed E-state index contributed by atoms with van der Waals surface area (Å²) in [6.45, 7) is 4.61. The molecule has 2 aromatic rings. The molecule has 1 aromatic carbocycles. The Morgan fingerprint density at radius 3 is 2.26 bits per heavy atom. The molecule has 1 heterocycles. The fourth-order valence-corrected chi connectivity index (χ4v) is 2.07. The number of pyridine rings is 1. The molecular weight excluding hydrogens is 290 g/mol. The number of nitrogens with zero attached hydrogens (tertiary/aromatic N) is 1. The molecular formula is C18H21N3O2. The predicted octanol–water partition coefficient (Wildman–Crippen LogP) is 2.85. The Labute approximate surface area is 136 Å². The Morgan fingerprint density at radius 2 is 1.65 bits per heavy atom. The lowest BCUT2D eigenvalue weighted by Gasteiger charge is -2.09. The van der Waals surface area contributed by atoms with Gasteiger partial charge in [0.25, 0.3) is 0 Å². The van der Waals surface area contributed by atoms with E-state index in [1.54, 1.807) is 12.4 Å². The molecule has 0 aliphatic rings. The van der Waals surface area contributed by atoms with E-state index in [1.807, 2.05) is 36.4 Å². The number of nitrogens with one attached hydrogen (secondary N) is 2. The normalized spacial score (nSPS) is 10.4. The van der Waals surface area contributed by atoms with Crippen LogP contribution < -0.4 is 10.6 Å². The minimum atomic E-state index is -0.325. The minimum Gasteiger partial charge on any atom is -0.352 e. The standard InChI is InChI=1S/C18H21N3O2/c1-13(2)15-3-5-16(6-4-15)21-18(23)11-17(22)20-12-14-7-9-19-10-8-14/h3-10,13H,11-12H2,1-2H3,(H,20,22)(H,21,23). The van der Waals surface area contributed by atoms with E-state index >= 15 is 0 Å². The number of amides is 2. The van der Waals surface area contributed by atoms with Crippen LogP contribution in [0.1, 0.15) is 37.3 Å². The van der Waals surface area contributed by atoms with Crippen molar-refractivity contribution >= 4 is 17.5 Å². The second-order valence-corrected chi connectivity index (χ2v) is 5.63. The first-order valence-corrected chi connectivity index (χ1v) is 7.60. The van der Waals surface area contributed by atoms with Gasteiger partial charge in [-0.3, -0.25) is 14.6 Å². The minimum absolute atomic E-state index is 0.197. The molecule has 0 saturated heterocycles. The third kappa shape index (κ3) is 5.54. The zero-order valence-electron chi connectivity index (χ0n) is 13.4. The van der Waals surface area contributed by atoms with Crippen molar-refractivity contribution in [2.45, 2.75) is 32.7 Å². The van der Waals surface area contributed by atoms with Crippen molar-refractivity contribution in [2.75, 3.05) is 5.32 Å². The lowest BCUT2D eigenvalue weighted by Crippen LogP contribution is -2.27. The number of carbonyl (C=O) groups is 2. The number of benzene rings is 1. The summed E-state index contributed by atoms with van der Waals surface area (Å²) in [5, 5.41) is 5.44. The molecule has 0 aliphatic carbocycles. The van der Waals surface area contributed by atoms with Gasteiger partial charge in [-0.15, -0.1) is 0 Å². The van der Waals surface area contributed by atoms with Crippen LogP contribution >= 0.6 is 0 Å². The van der Waals surface area contributed by atoms with Gasteiger partial charge in [-0.1, -0.05) is 26.0 Å². The molecule has 0 aliphatic heterocycles. The van der Waals surface area contributed by atoms with Gasteiger partial charge in [0.1, 0.15) is 6.42 Å². The Morgan fingerprint density at radius 1 is 1.00 bits per heavy atom. The Bertz CT molecular complexity index is 652. The summed E-state index contributed by atoms with van der Waals surface area (Å²) < 4.78 is 0. The molecule has 0 unspecified atom stereocenters. The van der Waals surface area contributed by atoms with Crippen molar-refractivity contribution in [3.05, 3.63) is 59.9 Å². The molecule has 5 heteroatoms. The Kier molecular flexibility index (Phi) is 5.86. The summed E-state index contributed by atoms with van der Waals surface area (Å²) in [5.74, 6) is -0.189. The van der Waals surface area contributed by atoms with Crippen molar-refractivity contribution in [3.8, 4) is 0 Å². The molecule has 0 bridgehead atoms. The molecule has 0 saturated carbocycles. The van der Waals surface area contributed by atoms with Crippen LogP contribution in [0.4, 0.5) is 5.69 Å². The molecule has 2 N–H and O–H groups in total. The monoisotopic (exact) mass is 311 g/mol. The number of hydrogen-bond donors (Lipinski definition) is 2. The first kappa shape index (κ1) is 16.7. The molecule has 2 rings (SSSR count). The highest BCUT2D eigenvalue weighted by Gasteiger charge is 2.09. The lowest BCUT2D eigenvalue weighted by molar-refractivity contribution is -0.126. The van der Waals surface area contributed by atoms with Crippen molar-refractivity contribution in [1.82, 2.24) is 10.3 Å². The molecule has 0 spiro atoms. The maximum atomic E-state index is 11.9. The number of carbonyl (C=O) groups excluding carboxylic acids is 2. The van der Waals surface area contributed by atoms with Gasteiger partial charge in [-0.05, 0) is 41.3 Å². The van der Waals surface area contributed by atoms with Crippen molar-refractivity contribution < 1.29 is 9.59 Å². The van der Waals surface area contributed by atoms with Crippen molar-refractivity contribution in [2.24, 2.45) is 0 Å². The quantitative estimate of drug-likeness (QED) is 0.806. The van der Waals surface area contributed by atoms with Crippen LogP contribution in [0.2, 0.25) is 0 Å². The van der Waals surface area contributed by atoms with Crippen LogP contribution in [0, 0.1) is 0 Å². The summed E-state index contributed by atoms with van der Waals surface area (Å²) >= 11 is 0. The highest BCUT2D eigenvalue weighted by molar-refractivity contribution is 6.03. The SMILES string of the molecule is CC(C)c1ccc(NC(=O)CC(=O)NCc2ccncc2)cc1. The first-order chi connectivity index (χ1) is 11.0. The fourth-order valence-electron chi connectivity index (χ4n) is 2.07. The highest BCUT2D eigenvalue weighted by atomic mass is 16.2. The third-order valence-electron chi connectivity index (χ3n) is 3.42. The first-order valence-electron chi connectivity index (χ1n) is 7.60. The lowest BCUT2D eigenvalue weighted by atomic mass is 10.0. The van der Waals surface area contributed by atoms with Crippen molar-refractivity contribution in [3.63, 3.8) is 0 Å². The van der Waals surface area contributed by atoms with Gasteiger partial charge in [0, 0.05) is 24.6 Å². The van der Waals surface area contributed by atoms with Crippen LogP contribution in [0.15, 0.2) is 48.8 Å². The van der Waals surface area contributed by atoms with Gasteiger partial charge < -0.3 is 10.6 Å². The summed E-state index contributed by atoms with van der Waals surface area (Å²) in [5.41, 5.74) is 2.84. The molecule has 0 radical (unpaired) electrons. The van der Waals surface area contributed by atoms with Crippen LogP contribution in [0.25, 0.3) is 0 Å². The van der Waals surface area contributed by atoms with E-state index in [-0.39, 0.29) is 18.2 Å². The van der Waals surface area contributed by atoms with Gasteiger partial charge >= 0.3 is 0 Å². The van der Waals surface area contributed by atoms with Crippen LogP contribution in [-0.2, 0) is 16.1 Å². The summed E-state index contributed by atoms with van der Waals surface area (Å²) in [7, 11) is 0. The van der Waals surface area contributed by atoms with E-state index < -0.39 is 0 Å². The second kappa shape index (κ2) is 8.08. The Hall–Kier alpha value is -2.69. The second-order valence-electron chi connectivity index (χ2n) is 5.63. The Balaban J connectivity index is 1.78. The largest absolute Gasteiger partial charge is 0.352 e. The topological polar surface area (TPSA) is 71.1 Å². The molecule has 5 nitrogen and oxygen atoms in total. The average molecular weight is 311 g/mol. The van der Waals surface area contributed by atoms with Crippen LogP contribution in [-0.4, -0.2) is 16.8 Å². The number of rotatable bonds is 6. The molecule has 0 fully saturated rings. The summed E-state index contributed by atoms with van der Waals surface area (Å²) in [6.07, 6.45) is 3.13. The zero-order valence-corrected chi connectivity index (χ0v) is 13.4. The smallest absolute Gasteiger partial charge is 0.233 e. The molecule has 1 aromatic heterocycles. The fraction of sp³-hybridized carbons (Fsp3) is 0.278. The maximum Gasteiger partial charge on any atom is 0.233 e. The molecule has 23 heavy (non-hydrogen) atoms. The molecule has 0 atom stereocenters. The number of hydrogen-bond acceptors (Lipinski definition) is 3. The third-order valence-corrected chi connectivity index (χ3v) is 3.42. The molecule has 2 amide bonds. The average Bonchev–Trinajstić information content (AvgIpc) is 2.54. The van der Waals surface area contributed by atoms with E-state index in [1.165, 1.54) is 5.56 Å². The van der Waals surface area contributed by atoms with Gasteiger partial charge in [0.15, 0.2) is 0 Å². The van der Waals surface area contributed by atoms with E-state index in [9.17, 15) is 9.59 Å². The predicted molar refractivity (Wildman–Crippen MR) is 89.9 cm³/mol. The van der Waals surface area contributed by atoms with Gasteiger partial charge in [-0.25, -0.2) is 0 Å². The van der Waals surface area contributed by atoms with Gasteiger partial charge in [0.05, 0.1) is 0 Å².